The number of carbonyl (C=O) groups is 8. The van der Waals surface area contributed by atoms with Crippen LogP contribution in [0.2, 0.25) is 0 Å². The molecule has 8 atom stereocenters. The molecular weight excluding hydrogens is 778 g/mol. The Morgan fingerprint density at radius 2 is 1.56 bits per heavy atom. The smallest absolute Gasteiger partial charge is 0.326 e. The van der Waals surface area contributed by atoms with E-state index in [0.29, 0.717) is 31.5 Å². The summed E-state index contributed by atoms with van der Waals surface area (Å²) in [7, 11) is 0. The number of nitrogens with zero attached hydrogens (tertiary/aromatic N) is 3. The van der Waals surface area contributed by atoms with Crippen LogP contribution in [0.4, 0.5) is 0 Å². The lowest BCUT2D eigenvalue weighted by atomic mass is 10.1. The van der Waals surface area contributed by atoms with Gasteiger partial charge < -0.3 is 74.7 Å². The van der Waals surface area contributed by atoms with Crippen LogP contribution in [0.5, 0.6) is 0 Å². The minimum atomic E-state index is -1.67. The van der Waals surface area contributed by atoms with Crippen LogP contribution in [0.25, 0.3) is 0 Å². The largest absolute Gasteiger partial charge is 0.481 e. The number of nitrogens with one attached hydrogen (secondary N) is 6. The zero-order chi connectivity index (χ0) is 44.2. The third kappa shape index (κ3) is 16.9. The Balaban J connectivity index is 2.21. The van der Waals surface area contributed by atoms with Gasteiger partial charge in [0.25, 0.3) is 0 Å². The number of unbranched alkanes of at least 4 members (excludes halogenated alkanes) is 1. The van der Waals surface area contributed by atoms with Crippen molar-refractivity contribution in [2.45, 2.75) is 126 Å². The van der Waals surface area contributed by atoms with Gasteiger partial charge in [-0.05, 0) is 65.3 Å². The number of aliphatic hydroxyl groups is 1. The van der Waals surface area contributed by atoms with Gasteiger partial charge >= 0.3 is 11.9 Å². The van der Waals surface area contributed by atoms with E-state index < -0.39 is 102 Å². The maximum absolute atomic E-state index is 13.8. The fraction of sp³-hybridized carbons (Fsp3) is 0.657. The molecule has 330 valence electrons. The monoisotopic (exact) mass is 837 g/mol. The maximum atomic E-state index is 13.8. The number of guanidine groups is 1. The Labute approximate surface area is 340 Å². The number of aromatic amines is 1. The number of aliphatic imine (C=N–C) groups is 1. The number of nitrogens with two attached hydrogens (primary N) is 4. The molecule has 2 heterocycles. The molecule has 1 fully saturated rings. The second-order valence-corrected chi connectivity index (χ2v) is 14.2. The zero-order valence-corrected chi connectivity index (χ0v) is 33.2. The number of aliphatic hydroxyl groups excluding tert-OH is 1. The van der Waals surface area contributed by atoms with Gasteiger partial charge in [-0.25, -0.2) is 9.78 Å². The molecule has 0 aromatic carbocycles. The van der Waals surface area contributed by atoms with Crippen LogP contribution in [0.15, 0.2) is 17.5 Å². The molecule has 0 radical (unpaired) electrons. The number of H-pyrrole nitrogens is 1. The number of carboxylic acid groups (broad SMARTS) is 2. The van der Waals surface area contributed by atoms with E-state index in [-0.39, 0.29) is 57.6 Å². The first-order chi connectivity index (χ1) is 27.9. The summed E-state index contributed by atoms with van der Waals surface area (Å²) < 4.78 is 0. The summed E-state index contributed by atoms with van der Waals surface area (Å²) in [5.74, 6) is -7.79. The Morgan fingerprint density at radius 3 is 2.15 bits per heavy atom. The molecule has 6 amide bonds. The number of hydrogen-bond acceptors (Lipinski definition) is 13. The molecule has 1 aromatic heterocycles. The first kappa shape index (κ1) is 49.3. The van der Waals surface area contributed by atoms with Crippen molar-refractivity contribution in [3.63, 3.8) is 0 Å². The molecule has 0 bridgehead atoms. The molecule has 24 nitrogen and oxygen atoms in total. The molecule has 1 aromatic rings. The van der Waals surface area contributed by atoms with Gasteiger partial charge in [-0.3, -0.25) is 38.6 Å². The molecule has 0 aliphatic carbocycles. The SMILES string of the molecule is C[C@H](NC(=O)[C@H](CCCN=C(N)N)NC(=O)[C@@H](NC(=O)[C@@H]1CCCN1C(=O)[C@H](CCC(=O)O)NC(=O)[C@@H](N)CCCCN)[C@@H](C)O)C(=O)N[C@@H](Cc1cnc[nH]1)C(=O)O. The Bertz CT molecular complexity index is 1620. The van der Waals surface area contributed by atoms with Crippen LogP contribution in [0, 0.1) is 0 Å². The zero-order valence-electron chi connectivity index (χ0n) is 33.2. The lowest BCUT2D eigenvalue weighted by Gasteiger charge is -2.31. The van der Waals surface area contributed by atoms with Gasteiger partial charge in [-0.2, -0.15) is 0 Å². The summed E-state index contributed by atoms with van der Waals surface area (Å²) in [6.45, 7) is 3.00. The lowest BCUT2D eigenvalue weighted by molar-refractivity contribution is -0.144. The third-order valence-electron chi connectivity index (χ3n) is 9.39. The minimum Gasteiger partial charge on any atom is -0.481 e. The van der Waals surface area contributed by atoms with E-state index in [2.05, 4.69) is 41.5 Å². The highest BCUT2D eigenvalue weighted by Crippen LogP contribution is 2.20. The average Bonchev–Trinajstić information content (AvgIpc) is 3.88. The fourth-order valence-electron chi connectivity index (χ4n) is 6.13. The van der Waals surface area contributed by atoms with Crippen molar-refractivity contribution in [2.24, 2.45) is 27.9 Å². The Morgan fingerprint density at radius 1 is 0.881 bits per heavy atom. The summed E-state index contributed by atoms with van der Waals surface area (Å²) in [5, 5.41) is 41.7. The Hall–Kier alpha value is -5.88. The Kier molecular flexibility index (Phi) is 20.7. The van der Waals surface area contributed by atoms with E-state index in [1.54, 1.807) is 0 Å². The van der Waals surface area contributed by atoms with Crippen LogP contribution < -0.4 is 49.5 Å². The van der Waals surface area contributed by atoms with E-state index >= 15 is 0 Å². The molecular formula is C35H59N13O11. The summed E-state index contributed by atoms with van der Waals surface area (Å²) in [6, 6.07) is -9.22. The van der Waals surface area contributed by atoms with E-state index in [4.69, 9.17) is 22.9 Å². The van der Waals surface area contributed by atoms with Gasteiger partial charge in [0.2, 0.25) is 35.4 Å². The van der Waals surface area contributed by atoms with Gasteiger partial charge in [0.15, 0.2) is 5.96 Å². The second-order valence-electron chi connectivity index (χ2n) is 14.2. The summed E-state index contributed by atoms with van der Waals surface area (Å²) in [6.07, 6.45) is 2.26. The molecule has 1 aliphatic heterocycles. The molecule has 0 spiro atoms. The van der Waals surface area contributed by atoms with Gasteiger partial charge in [-0.1, -0.05) is 6.42 Å². The number of aromatic nitrogens is 2. The van der Waals surface area contributed by atoms with Crippen molar-refractivity contribution in [2.75, 3.05) is 19.6 Å². The first-order valence-corrected chi connectivity index (χ1v) is 19.3. The van der Waals surface area contributed by atoms with Gasteiger partial charge in [0.1, 0.15) is 36.3 Å². The molecule has 59 heavy (non-hydrogen) atoms. The highest BCUT2D eigenvalue weighted by Gasteiger charge is 2.40. The van der Waals surface area contributed by atoms with Crippen LogP contribution in [0.3, 0.4) is 0 Å². The van der Waals surface area contributed by atoms with Crippen molar-refractivity contribution in [3.8, 4) is 0 Å². The molecule has 1 saturated heterocycles. The second kappa shape index (κ2) is 24.8. The molecule has 0 unspecified atom stereocenters. The molecule has 24 heteroatoms. The number of rotatable bonds is 26. The molecule has 0 saturated carbocycles. The predicted molar refractivity (Wildman–Crippen MR) is 209 cm³/mol. The molecule has 1 aliphatic rings. The molecule has 2 rings (SSSR count). The quantitative estimate of drug-likeness (QED) is 0.0237. The van der Waals surface area contributed by atoms with Crippen LogP contribution >= 0.6 is 0 Å². The standard InChI is InChI=1S/C35H59N13O11/c1-18(28(52)46-24(34(58)59)15-20-16-40-17-42-20)43-30(54)22(8-5-13-41-35(38)39)44-32(56)27(19(2)49)47-31(55)25-9-6-14-48(25)33(57)23(10-11-26(50)51)45-29(53)21(37)7-3-4-12-36/h16-19,21-25,27,49H,3-15,36-37H2,1-2H3,(H,40,42)(H,43,54)(H,44,56)(H,45,53)(H,46,52)(H,47,55)(H,50,51)(H,58,59)(H4,38,39,41)/t18-,19+,21-,22-,23-,24-,25-,27-/m0/s1. The number of imidazole rings is 1. The summed E-state index contributed by atoms with van der Waals surface area (Å²) in [4.78, 5) is 115. The van der Waals surface area contributed by atoms with Gasteiger partial charge in [0, 0.05) is 37.8 Å². The normalized spacial score (nSPS) is 17.2. The number of carboxylic acids is 2. The number of hydrogen-bond donors (Lipinski definition) is 13. The summed E-state index contributed by atoms with van der Waals surface area (Å²) in [5.41, 5.74) is 22.7. The maximum Gasteiger partial charge on any atom is 0.326 e. The van der Waals surface area contributed by atoms with E-state index in [9.17, 15) is 53.7 Å². The van der Waals surface area contributed by atoms with E-state index in [1.807, 2.05) is 0 Å². The van der Waals surface area contributed by atoms with Crippen molar-refractivity contribution >= 4 is 53.3 Å². The summed E-state index contributed by atoms with van der Waals surface area (Å²) >= 11 is 0. The number of likely N-dealkylation sites (tertiary alicyclic amines) is 1. The lowest BCUT2D eigenvalue weighted by Crippen LogP contribution is -2.61. The van der Waals surface area contributed by atoms with Crippen LogP contribution in [0.1, 0.15) is 77.3 Å². The van der Waals surface area contributed by atoms with Crippen molar-refractivity contribution in [1.82, 2.24) is 41.5 Å². The number of amides is 6. The van der Waals surface area contributed by atoms with E-state index in [1.165, 1.54) is 26.4 Å². The average molecular weight is 838 g/mol. The minimum absolute atomic E-state index is 0.0438. The van der Waals surface area contributed by atoms with Gasteiger partial charge in [-0.15, -0.1) is 0 Å². The third-order valence-corrected chi connectivity index (χ3v) is 9.39. The number of carbonyl (C=O) groups excluding carboxylic acids is 6. The predicted octanol–water partition coefficient (Wildman–Crippen LogP) is -4.77. The highest BCUT2D eigenvalue weighted by molar-refractivity contribution is 5.97. The van der Waals surface area contributed by atoms with Crippen LogP contribution in [-0.4, -0.2) is 152 Å². The van der Waals surface area contributed by atoms with E-state index in [0.717, 1.165) is 4.90 Å². The fourth-order valence-corrected chi connectivity index (χ4v) is 6.13. The topological polar surface area (TPSA) is 406 Å². The number of aliphatic carboxylic acids is 2. The van der Waals surface area contributed by atoms with Crippen molar-refractivity contribution < 1.29 is 53.7 Å². The van der Waals surface area contributed by atoms with Gasteiger partial charge in [0.05, 0.1) is 18.5 Å². The van der Waals surface area contributed by atoms with Crippen LogP contribution in [-0.2, 0) is 44.8 Å². The van der Waals surface area contributed by atoms with Crippen molar-refractivity contribution in [1.29, 1.82) is 0 Å². The first-order valence-electron chi connectivity index (χ1n) is 19.3. The van der Waals surface area contributed by atoms with Crippen molar-refractivity contribution in [3.05, 3.63) is 18.2 Å². The highest BCUT2D eigenvalue weighted by atomic mass is 16.4. The molecule has 17 N–H and O–H groups in total.